The molecule has 2 nitrogen and oxygen atoms in total. The van der Waals surface area contributed by atoms with Crippen LogP contribution in [-0.2, 0) is 10.8 Å². The van der Waals surface area contributed by atoms with Crippen LogP contribution in [-0.4, -0.2) is 15.4 Å². The minimum Gasteiger partial charge on any atom is -0.547 e. The van der Waals surface area contributed by atoms with E-state index in [1.807, 2.05) is 0 Å². The standard InChI is InChI=1S/C23H34O2Si/c1-15-13-21(25-26(4,5)6)23(2)12-11-19-18-10-8-17(24-3)14-16(18)7-9-20(19)22(15)23/h8,10,13-15,19-20,22H,7,9,11-12H2,1-6H3/t15-,19-,20-,22+,23-/m1/s1. The molecule has 4 rings (SSSR count). The van der Waals surface area contributed by atoms with Gasteiger partial charge in [-0.3, -0.25) is 0 Å². The molecular formula is C23H34O2Si. The fraction of sp³-hybridized carbons (Fsp3) is 0.652. The van der Waals surface area contributed by atoms with Crippen LogP contribution in [0.2, 0.25) is 19.6 Å². The second-order valence-corrected chi connectivity index (χ2v) is 14.4. The molecule has 0 radical (unpaired) electrons. The first-order valence-electron chi connectivity index (χ1n) is 10.3. The average Bonchev–Trinajstić information content (AvgIpc) is 2.82. The van der Waals surface area contributed by atoms with Gasteiger partial charge >= 0.3 is 0 Å². The molecule has 1 fully saturated rings. The molecule has 5 atom stereocenters. The number of rotatable bonds is 3. The van der Waals surface area contributed by atoms with Gasteiger partial charge in [0.25, 0.3) is 0 Å². The van der Waals surface area contributed by atoms with Crippen molar-refractivity contribution in [1.29, 1.82) is 0 Å². The molecule has 0 N–H and O–H groups in total. The number of benzene rings is 1. The van der Waals surface area contributed by atoms with E-state index in [-0.39, 0.29) is 5.41 Å². The fourth-order valence-corrected chi connectivity index (χ4v) is 7.17. The Morgan fingerprint density at radius 2 is 1.92 bits per heavy atom. The Morgan fingerprint density at radius 3 is 2.62 bits per heavy atom. The van der Waals surface area contributed by atoms with E-state index in [9.17, 15) is 0 Å². The predicted octanol–water partition coefficient (Wildman–Crippen LogP) is 6.14. The number of aryl methyl sites for hydroxylation is 1. The molecule has 142 valence electrons. The molecule has 0 spiro atoms. The predicted molar refractivity (Wildman–Crippen MR) is 110 cm³/mol. The molecule has 1 aromatic carbocycles. The summed E-state index contributed by atoms with van der Waals surface area (Å²) < 4.78 is 12.1. The van der Waals surface area contributed by atoms with E-state index in [0.717, 1.165) is 17.6 Å². The maximum Gasteiger partial charge on any atom is 0.241 e. The topological polar surface area (TPSA) is 18.5 Å². The highest BCUT2D eigenvalue weighted by Gasteiger charge is 2.55. The Bertz CT molecular complexity index is 732. The van der Waals surface area contributed by atoms with E-state index in [0.29, 0.717) is 11.8 Å². The third-order valence-electron chi connectivity index (χ3n) is 7.14. The zero-order valence-corrected chi connectivity index (χ0v) is 18.3. The van der Waals surface area contributed by atoms with E-state index in [1.54, 1.807) is 12.7 Å². The molecule has 0 aliphatic heterocycles. The smallest absolute Gasteiger partial charge is 0.241 e. The highest BCUT2D eigenvalue weighted by Crippen LogP contribution is 2.63. The van der Waals surface area contributed by atoms with Gasteiger partial charge in [-0.15, -0.1) is 0 Å². The first-order valence-corrected chi connectivity index (χ1v) is 13.7. The fourth-order valence-electron chi connectivity index (χ4n) is 6.21. The molecule has 0 heterocycles. The van der Waals surface area contributed by atoms with E-state index < -0.39 is 8.32 Å². The van der Waals surface area contributed by atoms with Gasteiger partial charge in [-0.25, -0.2) is 0 Å². The lowest BCUT2D eigenvalue weighted by Gasteiger charge is -2.51. The molecule has 0 bridgehead atoms. The van der Waals surface area contributed by atoms with Crippen molar-refractivity contribution in [3.05, 3.63) is 41.2 Å². The summed E-state index contributed by atoms with van der Waals surface area (Å²) in [4.78, 5) is 0. The van der Waals surface area contributed by atoms with Crippen molar-refractivity contribution in [3.8, 4) is 5.75 Å². The molecule has 3 aliphatic rings. The van der Waals surface area contributed by atoms with Crippen molar-refractivity contribution < 1.29 is 9.16 Å². The van der Waals surface area contributed by atoms with Gasteiger partial charge in [0.1, 0.15) is 5.75 Å². The Morgan fingerprint density at radius 1 is 1.15 bits per heavy atom. The summed E-state index contributed by atoms with van der Waals surface area (Å²) in [7, 11) is 0.200. The van der Waals surface area contributed by atoms with Crippen molar-refractivity contribution in [2.45, 2.75) is 65.1 Å². The summed E-state index contributed by atoms with van der Waals surface area (Å²) in [6.45, 7) is 11.9. The lowest BCUT2D eigenvalue weighted by Crippen LogP contribution is -2.44. The third kappa shape index (κ3) is 2.83. The van der Waals surface area contributed by atoms with E-state index in [2.05, 4.69) is 57.8 Å². The number of ether oxygens (including phenoxy) is 1. The van der Waals surface area contributed by atoms with Crippen molar-refractivity contribution in [2.24, 2.45) is 23.2 Å². The van der Waals surface area contributed by atoms with Gasteiger partial charge in [-0.2, -0.15) is 0 Å². The van der Waals surface area contributed by atoms with Crippen LogP contribution in [0.4, 0.5) is 0 Å². The summed E-state index contributed by atoms with van der Waals surface area (Å²) in [5.74, 6) is 5.17. The van der Waals surface area contributed by atoms with Gasteiger partial charge in [-0.1, -0.05) is 19.9 Å². The highest BCUT2D eigenvalue weighted by molar-refractivity contribution is 6.70. The van der Waals surface area contributed by atoms with Gasteiger partial charge in [0, 0.05) is 5.41 Å². The monoisotopic (exact) mass is 370 g/mol. The Kier molecular flexibility index (Phi) is 4.30. The molecule has 3 heteroatoms. The van der Waals surface area contributed by atoms with Gasteiger partial charge in [0.05, 0.1) is 12.9 Å². The molecule has 1 aromatic rings. The summed E-state index contributed by atoms with van der Waals surface area (Å²) in [5.41, 5.74) is 3.35. The van der Waals surface area contributed by atoms with E-state index >= 15 is 0 Å². The van der Waals surface area contributed by atoms with Gasteiger partial charge in [-0.05, 0) is 98.3 Å². The molecule has 0 unspecified atom stereocenters. The summed E-state index contributed by atoms with van der Waals surface area (Å²) in [6, 6.07) is 6.78. The Hall–Kier alpha value is -1.22. The largest absolute Gasteiger partial charge is 0.547 e. The zero-order chi connectivity index (χ0) is 18.7. The lowest BCUT2D eigenvalue weighted by atomic mass is 9.54. The third-order valence-corrected chi connectivity index (χ3v) is 7.98. The van der Waals surface area contributed by atoms with Crippen LogP contribution in [0.5, 0.6) is 5.75 Å². The van der Waals surface area contributed by atoms with Crippen LogP contribution in [0, 0.1) is 23.2 Å². The molecule has 3 aliphatic carbocycles. The van der Waals surface area contributed by atoms with Crippen LogP contribution < -0.4 is 4.74 Å². The number of methoxy groups -OCH3 is 1. The van der Waals surface area contributed by atoms with Crippen LogP contribution in [0.3, 0.4) is 0 Å². The second-order valence-electron chi connectivity index (χ2n) is 9.96. The van der Waals surface area contributed by atoms with E-state index in [1.165, 1.54) is 37.0 Å². The second kappa shape index (κ2) is 6.15. The van der Waals surface area contributed by atoms with Gasteiger partial charge < -0.3 is 9.16 Å². The quantitative estimate of drug-likeness (QED) is 0.595. The molecule has 26 heavy (non-hydrogen) atoms. The minimum atomic E-state index is -1.57. The normalized spacial score (nSPS) is 35.8. The van der Waals surface area contributed by atoms with Crippen molar-refractivity contribution >= 4 is 8.32 Å². The molecule has 1 saturated carbocycles. The minimum absolute atomic E-state index is 0.241. The molecule has 0 aromatic heterocycles. The van der Waals surface area contributed by atoms with Crippen LogP contribution >= 0.6 is 0 Å². The van der Waals surface area contributed by atoms with E-state index in [4.69, 9.17) is 9.16 Å². The lowest BCUT2D eigenvalue weighted by molar-refractivity contribution is 0.0302. The first-order chi connectivity index (χ1) is 12.2. The van der Waals surface area contributed by atoms with Crippen LogP contribution in [0.15, 0.2) is 30.0 Å². The van der Waals surface area contributed by atoms with Crippen LogP contribution in [0.1, 0.15) is 50.2 Å². The van der Waals surface area contributed by atoms with Gasteiger partial charge in [0.2, 0.25) is 8.32 Å². The average molecular weight is 371 g/mol. The maximum atomic E-state index is 6.60. The first kappa shape index (κ1) is 18.2. The number of fused-ring (bicyclic) bond motifs is 5. The Balaban J connectivity index is 1.65. The zero-order valence-electron chi connectivity index (χ0n) is 17.3. The molecular weight excluding hydrogens is 336 g/mol. The summed E-state index contributed by atoms with van der Waals surface area (Å²) in [5, 5.41) is 0. The SMILES string of the molecule is COc1ccc2c(c1)CC[C@H]1[C@@H]3[C@H](C)C=C(O[Si](C)(C)C)[C@@]3(C)CC[C@H]21. The maximum absolute atomic E-state index is 6.60. The highest BCUT2D eigenvalue weighted by atomic mass is 28.4. The van der Waals surface area contributed by atoms with Crippen molar-refractivity contribution in [2.75, 3.05) is 7.11 Å². The summed E-state index contributed by atoms with van der Waals surface area (Å²) >= 11 is 0. The number of hydrogen-bond donors (Lipinski definition) is 0. The van der Waals surface area contributed by atoms with Crippen LogP contribution in [0.25, 0.3) is 0 Å². The molecule has 0 saturated heterocycles. The van der Waals surface area contributed by atoms with Crippen molar-refractivity contribution in [1.82, 2.24) is 0 Å². The van der Waals surface area contributed by atoms with Gasteiger partial charge in [0.15, 0.2) is 0 Å². The number of allylic oxidation sites excluding steroid dienone is 2. The summed E-state index contributed by atoms with van der Waals surface area (Å²) in [6.07, 6.45) is 7.52. The van der Waals surface area contributed by atoms with Crippen molar-refractivity contribution in [3.63, 3.8) is 0 Å². The Labute approximate surface area is 160 Å². The number of hydrogen-bond acceptors (Lipinski definition) is 2. The molecule has 0 amide bonds.